The summed E-state index contributed by atoms with van der Waals surface area (Å²) >= 11 is 0. The third-order valence-corrected chi connectivity index (χ3v) is 5.72. The topological polar surface area (TPSA) is 87.3 Å². The van der Waals surface area contributed by atoms with Crippen LogP contribution in [0.2, 0.25) is 0 Å². The number of carbonyl (C=O) groups is 1. The molecule has 150 valence electrons. The van der Waals surface area contributed by atoms with Gasteiger partial charge in [-0.2, -0.15) is 0 Å². The molecule has 0 fully saturated rings. The molecule has 3 rings (SSSR count). The molecule has 0 saturated heterocycles. The molecule has 0 bridgehead atoms. The van der Waals surface area contributed by atoms with Crippen LogP contribution in [0.25, 0.3) is 0 Å². The fourth-order valence-electron chi connectivity index (χ4n) is 2.87. The van der Waals surface area contributed by atoms with E-state index in [0.29, 0.717) is 5.69 Å². The molecule has 0 radical (unpaired) electrons. The van der Waals surface area contributed by atoms with E-state index in [9.17, 15) is 13.2 Å². The van der Waals surface area contributed by atoms with Gasteiger partial charge in [0.25, 0.3) is 0 Å². The average Bonchev–Trinajstić information content (AvgIpc) is 2.73. The second-order valence-electron chi connectivity index (χ2n) is 6.53. The number of rotatable bonds is 8. The number of amides is 1. The van der Waals surface area contributed by atoms with E-state index in [0.717, 1.165) is 11.3 Å². The lowest BCUT2D eigenvalue weighted by Crippen LogP contribution is -2.31. The standard InChI is InChI=1S/C22H23N3O3S/c1-17(26)24-19-12-14-20(15-13-19)25-22(18-8-4-2-5-9-18)16-23-29(27,28)21-10-6-3-7-11-21/h2-15,22-23,25H,16H2,1H3,(H,24,26). The molecule has 3 aromatic rings. The molecule has 1 amide bonds. The Balaban J connectivity index is 1.76. The van der Waals surface area contributed by atoms with Gasteiger partial charge in [0.15, 0.2) is 0 Å². The monoisotopic (exact) mass is 409 g/mol. The lowest BCUT2D eigenvalue weighted by Gasteiger charge is -2.21. The summed E-state index contributed by atoms with van der Waals surface area (Å²) in [5.74, 6) is -0.136. The molecule has 0 heterocycles. The van der Waals surface area contributed by atoms with Gasteiger partial charge in [0.05, 0.1) is 10.9 Å². The minimum Gasteiger partial charge on any atom is -0.377 e. The van der Waals surface area contributed by atoms with E-state index in [1.807, 2.05) is 42.5 Å². The number of hydrogen-bond donors (Lipinski definition) is 3. The zero-order valence-corrected chi connectivity index (χ0v) is 16.8. The predicted molar refractivity (Wildman–Crippen MR) is 115 cm³/mol. The Hall–Kier alpha value is -3.16. The van der Waals surface area contributed by atoms with Crippen molar-refractivity contribution in [1.82, 2.24) is 4.72 Å². The van der Waals surface area contributed by atoms with Gasteiger partial charge in [-0.25, -0.2) is 13.1 Å². The first-order valence-corrected chi connectivity index (χ1v) is 10.7. The van der Waals surface area contributed by atoms with Crippen LogP contribution in [0.1, 0.15) is 18.5 Å². The van der Waals surface area contributed by atoms with Crippen LogP contribution >= 0.6 is 0 Å². The Kier molecular flexibility index (Phi) is 6.64. The van der Waals surface area contributed by atoms with Gasteiger partial charge in [-0.3, -0.25) is 4.79 Å². The molecule has 0 aliphatic heterocycles. The maximum Gasteiger partial charge on any atom is 0.240 e. The molecule has 0 aliphatic carbocycles. The van der Waals surface area contributed by atoms with Gasteiger partial charge in [0.1, 0.15) is 0 Å². The molecule has 29 heavy (non-hydrogen) atoms. The number of hydrogen-bond acceptors (Lipinski definition) is 4. The summed E-state index contributed by atoms with van der Waals surface area (Å²) in [5.41, 5.74) is 2.46. The molecule has 1 atom stereocenters. The van der Waals surface area contributed by atoms with Crippen molar-refractivity contribution in [3.05, 3.63) is 90.5 Å². The van der Waals surface area contributed by atoms with Gasteiger partial charge in [-0.1, -0.05) is 48.5 Å². The van der Waals surface area contributed by atoms with Gasteiger partial charge in [0.2, 0.25) is 15.9 Å². The van der Waals surface area contributed by atoms with Crippen LogP contribution in [0.5, 0.6) is 0 Å². The zero-order chi connectivity index (χ0) is 20.7. The molecule has 0 aliphatic rings. The van der Waals surface area contributed by atoms with Crippen LogP contribution in [0, 0.1) is 0 Å². The predicted octanol–water partition coefficient (Wildman–Crippen LogP) is 3.78. The van der Waals surface area contributed by atoms with E-state index >= 15 is 0 Å². The van der Waals surface area contributed by atoms with E-state index in [1.54, 1.807) is 42.5 Å². The Morgan fingerprint density at radius 2 is 1.38 bits per heavy atom. The van der Waals surface area contributed by atoms with Crippen molar-refractivity contribution in [3.63, 3.8) is 0 Å². The third-order valence-electron chi connectivity index (χ3n) is 4.28. The van der Waals surface area contributed by atoms with Crippen LogP contribution in [0.4, 0.5) is 11.4 Å². The number of carbonyl (C=O) groups excluding carboxylic acids is 1. The molecular weight excluding hydrogens is 386 g/mol. The van der Waals surface area contributed by atoms with Crippen molar-refractivity contribution in [2.75, 3.05) is 17.2 Å². The largest absolute Gasteiger partial charge is 0.377 e. The maximum atomic E-state index is 12.6. The van der Waals surface area contributed by atoms with Crippen LogP contribution < -0.4 is 15.4 Å². The second-order valence-corrected chi connectivity index (χ2v) is 8.30. The van der Waals surface area contributed by atoms with Crippen molar-refractivity contribution in [1.29, 1.82) is 0 Å². The SMILES string of the molecule is CC(=O)Nc1ccc(NC(CNS(=O)(=O)c2ccccc2)c2ccccc2)cc1. The minimum atomic E-state index is -3.61. The third kappa shape index (κ3) is 5.91. The Bertz CT molecular complexity index is 1040. The molecule has 0 saturated carbocycles. The molecule has 7 heteroatoms. The van der Waals surface area contributed by atoms with Crippen molar-refractivity contribution < 1.29 is 13.2 Å². The van der Waals surface area contributed by atoms with E-state index < -0.39 is 10.0 Å². The highest BCUT2D eigenvalue weighted by Crippen LogP contribution is 2.21. The lowest BCUT2D eigenvalue weighted by molar-refractivity contribution is -0.114. The Morgan fingerprint density at radius 1 is 0.828 bits per heavy atom. The van der Waals surface area contributed by atoms with Crippen molar-refractivity contribution >= 4 is 27.3 Å². The number of benzene rings is 3. The van der Waals surface area contributed by atoms with Crippen LogP contribution in [-0.4, -0.2) is 20.9 Å². The van der Waals surface area contributed by atoms with Gasteiger partial charge in [-0.05, 0) is 42.0 Å². The summed E-state index contributed by atoms with van der Waals surface area (Å²) in [6.07, 6.45) is 0. The molecule has 0 spiro atoms. The summed E-state index contributed by atoms with van der Waals surface area (Å²) in [5, 5.41) is 6.08. The van der Waals surface area contributed by atoms with Gasteiger partial charge in [-0.15, -0.1) is 0 Å². The van der Waals surface area contributed by atoms with Gasteiger partial charge >= 0.3 is 0 Å². The van der Waals surface area contributed by atoms with Gasteiger partial charge < -0.3 is 10.6 Å². The molecule has 0 aromatic heterocycles. The Labute approximate surface area is 171 Å². The smallest absolute Gasteiger partial charge is 0.240 e. The highest BCUT2D eigenvalue weighted by Gasteiger charge is 2.18. The molecule has 1 unspecified atom stereocenters. The number of nitrogens with one attached hydrogen (secondary N) is 3. The zero-order valence-electron chi connectivity index (χ0n) is 16.0. The van der Waals surface area contributed by atoms with E-state index in [-0.39, 0.29) is 23.4 Å². The molecular formula is C22H23N3O3S. The normalized spacial score (nSPS) is 12.2. The lowest BCUT2D eigenvalue weighted by atomic mass is 10.1. The van der Waals surface area contributed by atoms with Crippen molar-refractivity contribution in [2.45, 2.75) is 17.9 Å². The number of anilines is 2. The van der Waals surface area contributed by atoms with Crippen LogP contribution in [0.15, 0.2) is 89.8 Å². The van der Waals surface area contributed by atoms with Crippen LogP contribution in [0.3, 0.4) is 0 Å². The highest BCUT2D eigenvalue weighted by molar-refractivity contribution is 7.89. The first-order chi connectivity index (χ1) is 13.9. The maximum absolute atomic E-state index is 12.6. The highest BCUT2D eigenvalue weighted by atomic mass is 32.2. The number of sulfonamides is 1. The summed E-state index contributed by atoms with van der Waals surface area (Å²) in [6.45, 7) is 1.63. The molecule has 6 nitrogen and oxygen atoms in total. The average molecular weight is 410 g/mol. The summed E-state index contributed by atoms with van der Waals surface area (Å²) in [6, 6.07) is 24.9. The summed E-state index contributed by atoms with van der Waals surface area (Å²) in [7, 11) is -3.61. The fraction of sp³-hybridized carbons (Fsp3) is 0.136. The van der Waals surface area contributed by atoms with Crippen LogP contribution in [-0.2, 0) is 14.8 Å². The second kappa shape index (κ2) is 9.36. The van der Waals surface area contributed by atoms with E-state index in [2.05, 4.69) is 15.4 Å². The minimum absolute atomic E-state index is 0.136. The summed E-state index contributed by atoms with van der Waals surface area (Å²) in [4.78, 5) is 11.4. The van der Waals surface area contributed by atoms with E-state index in [4.69, 9.17) is 0 Å². The van der Waals surface area contributed by atoms with Crippen molar-refractivity contribution in [2.24, 2.45) is 0 Å². The first kappa shape index (κ1) is 20.6. The van der Waals surface area contributed by atoms with E-state index in [1.165, 1.54) is 6.92 Å². The van der Waals surface area contributed by atoms with Gasteiger partial charge in [0, 0.05) is 24.8 Å². The fourth-order valence-corrected chi connectivity index (χ4v) is 3.94. The Morgan fingerprint density at radius 3 is 1.97 bits per heavy atom. The molecule has 3 N–H and O–H groups in total. The summed E-state index contributed by atoms with van der Waals surface area (Å²) < 4.78 is 27.9. The molecule has 3 aromatic carbocycles. The first-order valence-electron chi connectivity index (χ1n) is 9.18. The van der Waals surface area contributed by atoms with Crippen molar-refractivity contribution in [3.8, 4) is 0 Å². The quantitative estimate of drug-likeness (QED) is 0.528.